The zero-order valence-corrected chi connectivity index (χ0v) is 13.8. The van der Waals surface area contributed by atoms with E-state index in [-0.39, 0.29) is 17.4 Å². The summed E-state index contributed by atoms with van der Waals surface area (Å²) in [5.41, 5.74) is 1.02. The van der Waals surface area contributed by atoms with Crippen LogP contribution in [0, 0.1) is 10.1 Å². The van der Waals surface area contributed by atoms with Gasteiger partial charge < -0.3 is 10.1 Å². The Labute approximate surface area is 152 Å². The lowest BCUT2D eigenvalue weighted by atomic mass is 10.2. The Kier molecular flexibility index (Phi) is 4.24. The molecule has 1 aromatic carbocycles. The van der Waals surface area contributed by atoms with Crippen molar-refractivity contribution in [1.82, 2.24) is 19.9 Å². The molecule has 0 aliphatic carbocycles. The van der Waals surface area contributed by atoms with Crippen LogP contribution >= 0.6 is 0 Å². The Morgan fingerprint density at radius 1 is 1.00 bits per heavy atom. The zero-order chi connectivity index (χ0) is 18.6. The summed E-state index contributed by atoms with van der Waals surface area (Å²) in [6.07, 6.45) is 5.89. The molecule has 3 heterocycles. The van der Waals surface area contributed by atoms with E-state index in [1.807, 2.05) is 12.1 Å². The topological polar surface area (TPSA) is 116 Å². The summed E-state index contributed by atoms with van der Waals surface area (Å²) in [6.45, 7) is 0. The average molecular weight is 360 g/mol. The molecule has 0 unspecified atom stereocenters. The molecule has 9 heteroatoms. The highest BCUT2D eigenvalue weighted by Crippen LogP contribution is 2.36. The maximum Gasteiger partial charge on any atom is 0.373 e. The van der Waals surface area contributed by atoms with Gasteiger partial charge in [-0.3, -0.25) is 20.1 Å². The molecular formula is C18H12N6O3. The quantitative estimate of drug-likeness (QED) is 0.421. The van der Waals surface area contributed by atoms with Crippen LogP contribution in [-0.4, -0.2) is 24.9 Å². The molecule has 0 radical (unpaired) electrons. The molecule has 4 aromatic rings. The Bertz CT molecular complexity index is 1120. The van der Waals surface area contributed by atoms with Crippen LogP contribution in [0.5, 0.6) is 11.6 Å². The van der Waals surface area contributed by atoms with E-state index in [9.17, 15) is 10.1 Å². The van der Waals surface area contributed by atoms with Crippen molar-refractivity contribution in [2.75, 3.05) is 5.32 Å². The summed E-state index contributed by atoms with van der Waals surface area (Å²) in [5.74, 6) is 0.175. The number of ether oxygens (including phenoxy) is 1. The number of hydrogen-bond donors (Lipinski definition) is 1. The molecule has 0 fully saturated rings. The summed E-state index contributed by atoms with van der Waals surface area (Å²) in [4.78, 5) is 27.2. The Hall–Kier alpha value is -4.14. The minimum absolute atomic E-state index is 0.0187. The first kappa shape index (κ1) is 16.3. The first-order valence-electron chi connectivity index (χ1n) is 7.90. The summed E-state index contributed by atoms with van der Waals surface area (Å²) in [5, 5.41) is 15.5. The van der Waals surface area contributed by atoms with Crippen LogP contribution in [0.3, 0.4) is 0 Å². The highest BCUT2D eigenvalue weighted by atomic mass is 16.6. The van der Waals surface area contributed by atoms with Gasteiger partial charge >= 0.3 is 11.6 Å². The first-order chi connectivity index (χ1) is 13.2. The fourth-order valence-corrected chi connectivity index (χ4v) is 2.55. The van der Waals surface area contributed by atoms with Crippen molar-refractivity contribution in [3.8, 4) is 11.6 Å². The Balaban J connectivity index is 1.76. The Morgan fingerprint density at radius 3 is 2.70 bits per heavy atom. The molecule has 0 aliphatic rings. The van der Waals surface area contributed by atoms with Crippen molar-refractivity contribution in [1.29, 1.82) is 0 Å². The fraction of sp³-hybridized carbons (Fsp3) is 0. The van der Waals surface area contributed by atoms with E-state index >= 15 is 0 Å². The van der Waals surface area contributed by atoms with Gasteiger partial charge in [0.05, 0.1) is 16.6 Å². The lowest BCUT2D eigenvalue weighted by Gasteiger charge is -2.10. The number of fused-ring (bicyclic) bond motifs is 1. The number of nitrogens with one attached hydrogen (secondary N) is 1. The minimum atomic E-state index is -0.586. The molecule has 0 amide bonds. The summed E-state index contributed by atoms with van der Waals surface area (Å²) < 4.78 is 5.53. The lowest BCUT2D eigenvalue weighted by Crippen LogP contribution is -2.04. The molecule has 132 valence electrons. The predicted octanol–water partition coefficient (Wildman–Crippen LogP) is 3.86. The van der Waals surface area contributed by atoms with Crippen molar-refractivity contribution in [3.63, 3.8) is 0 Å². The zero-order valence-electron chi connectivity index (χ0n) is 13.8. The van der Waals surface area contributed by atoms with Gasteiger partial charge in [0.15, 0.2) is 0 Å². The molecule has 3 aromatic heterocycles. The van der Waals surface area contributed by atoms with E-state index in [4.69, 9.17) is 4.74 Å². The van der Waals surface area contributed by atoms with Crippen molar-refractivity contribution >= 4 is 28.1 Å². The van der Waals surface area contributed by atoms with Gasteiger partial charge in [-0.1, -0.05) is 6.07 Å². The molecule has 0 spiro atoms. The van der Waals surface area contributed by atoms with Gasteiger partial charge in [0.2, 0.25) is 5.82 Å². The third kappa shape index (κ3) is 3.33. The van der Waals surface area contributed by atoms with Gasteiger partial charge in [-0.15, -0.1) is 0 Å². The molecular weight excluding hydrogens is 348 g/mol. The van der Waals surface area contributed by atoms with E-state index in [0.29, 0.717) is 11.4 Å². The van der Waals surface area contributed by atoms with Gasteiger partial charge in [-0.05, 0) is 36.4 Å². The van der Waals surface area contributed by atoms with Crippen LogP contribution in [0.1, 0.15) is 0 Å². The monoisotopic (exact) mass is 360 g/mol. The minimum Gasteiger partial charge on any atom is -0.432 e. The second-order valence-electron chi connectivity index (χ2n) is 5.42. The highest BCUT2D eigenvalue weighted by Gasteiger charge is 2.25. The van der Waals surface area contributed by atoms with Crippen LogP contribution < -0.4 is 10.1 Å². The van der Waals surface area contributed by atoms with Crippen LogP contribution in [0.25, 0.3) is 10.9 Å². The largest absolute Gasteiger partial charge is 0.432 e. The number of aromatic nitrogens is 4. The molecule has 9 nitrogen and oxygen atoms in total. The third-order valence-corrected chi connectivity index (χ3v) is 3.72. The molecule has 27 heavy (non-hydrogen) atoms. The van der Waals surface area contributed by atoms with Crippen LogP contribution in [0.15, 0.2) is 67.4 Å². The molecule has 0 aliphatic heterocycles. The van der Waals surface area contributed by atoms with E-state index in [0.717, 1.165) is 10.9 Å². The molecule has 0 saturated heterocycles. The van der Waals surface area contributed by atoms with Crippen molar-refractivity contribution in [3.05, 3.63) is 77.5 Å². The van der Waals surface area contributed by atoms with Crippen molar-refractivity contribution in [2.24, 2.45) is 0 Å². The predicted molar refractivity (Wildman–Crippen MR) is 98.0 cm³/mol. The molecule has 0 atom stereocenters. The van der Waals surface area contributed by atoms with Gasteiger partial charge in [0, 0.05) is 23.5 Å². The second-order valence-corrected chi connectivity index (χ2v) is 5.42. The molecule has 0 bridgehead atoms. The molecule has 1 N–H and O–H groups in total. The van der Waals surface area contributed by atoms with Crippen LogP contribution in [0.2, 0.25) is 0 Å². The standard InChI is InChI=1S/C18H12N6O3/c25-24(26)16-17(21-11-22-18(16)27-12-4-2-8-19-10-12)23-15-7-1-6-14-13(15)5-3-9-20-14/h1-11H,(H,21,22,23). The van der Waals surface area contributed by atoms with Crippen molar-refractivity contribution < 1.29 is 9.66 Å². The van der Waals surface area contributed by atoms with Crippen LogP contribution in [0.4, 0.5) is 17.2 Å². The van der Waals surface area contributed by atoms with E-state index in [2.05, 4.69) is 25.3 Å². The van der Waals surface area contributed by atoms with Gasteiger partial charge in [0.25, 0.3) is 0 Å². The van der Waals surface area contributed by atoms with Crippen LogP contribution in [-0.2, 0) is 0 Å². The van der Waals surface area contributed by atoms with Gasteiger partial charge in [0.1, 0.15) is 12.1 Å². The number of nitrogens with zero attached hydrogens (tertiary/aromatic N) is 5. The highest BCUT2D eigenvalue weighted by molar-refractivity contribution is 5.93. The van der Waals surface area contributed by atoms with E-state index in [1.165, 1.54) is 12.5 Å². The Morgan fingerprint density at radius 2 is 1.89 bits per heavy atom. The number of nitro groups is 1. The molecule has 0 saturated carbocycles. The smallest absolute Gasteiger partial charge is 0.373 e. The SMILES string of the molecule is O=[N+]([O-])c1c(Nc2cccc3ncccc23)ncnc1Oc1cccnc1. The number of anilines is 2. The van der Waals surface area contributed by atoms with Gasteiger partial charge in [-0.25, -0.2) is 4.98 Å². The maximum atomic E-state index is 11.7. The lowest BCUT2D eigenvalue weighted by molar-refractivity contribution is -0.385. The van der Waals surface area contributed by atoms with Gasteiger partial charge in [-0.2, -0.15) is 4.98 Å². The number of benzene rings is 1. The molecule has 4 rings (SSSR count). The average Bonchev–Trinajstić information content (AvgIpc) is 2.69. The van der Waals surface area contributed by atoms with E-state index < -0.39 is 4.92 Å². The number of pyridine rings is 2. The third-order valence-electron chi connectivity index (χ3n) is 3.72. The second kappa shape index (κ2) is 7.00. The van der Waals surface area contributed by atoms with E-state index in [1.54, 1.807) is 42.7 Å². The maximum absolute atomic E-state index is 11.7. The summed E-state index contributed by atoms with van der Waals surface area (Å²) in [6, 6.07) is 12.4. The number of rotatable bonds is 5. The first-order valence-corrected chi connectivity index (χ1v) is 7.90. The van der Waals surface area contributed by atoms with Crippen molar-refractivity contribution in [2.45, 2.75) is 0 Å². The summed E-state index contributed by atoms with van der Waals surface area (Å²) >= 11 is 0. The fourth-order valence-electron chi connectivity index (χ4n) is 2.55. The number of hydrogen-bond acceptors (Lipinski definition) is 8. The summed E-state index contributed by atoms with van der Waals surface area (Å²) in [7, 11) is 0. The normalized spacial score (nSPS) is 10.5.